The molecule has 3 aromatic carbocycles. The molecule has 182 valence electrons. The number of nitrogens with zero attached hydrogens (tertiary/aromatic N) is 3. The van der Waals surface area contributed by atoms with Crippen molar-refractivity contribution in [2.45, 2.75) is 38.0 Å². The van der Waals surface area contributed by atoms with E-state index < -0.39 is 5.25 Å². The molecular formula is C28H25FN4O2S. The molecule has 2 heterocycles. The summed E-state index contributed by atoms with van der Waals surface area (Å²) in [6.45, 7) is 3.98. The summed E-state index contributed by atoms with van der Waals surface area (Å²) in [4.78, 5) is 29.6. The Morgan fingerprint density at radius 2 is 1.81 bits per heavy atom. The van der Waals surface area contributed by atoms with E-state index in [0.717, 1.165) is 28.0 Å². The van der Waals surface area contributed by atoms with Gasteiger partial charge in [0.1, 0.15) is 11.1 Å². The van der Waals surface area contributed by atoms with Crippen LogP contribution in [0.1, 0.15) is 41.1 Å². The van der Waals surface area contributed by atoms with Crippen molar-refractivity contribution in [3.05, 3.63) is 101 Å². The van der Waals surface area contributed by atoms with E-state index in [0.29, 0.717) is 17.3 Å². The van der Waals surface area contributed by atoms with Gasteiger partial charge in [-0.25, -0.2) is 9.40 Å². The van der Waals surface area contributed by atoms with Gasteiger partial charge in [0.05, 0.1) is 11.8 Å². The van der Waals surface area contributed by atoms with Crippen molar-refractivity contribution in [1.82, 2.24) is 5.01 Å². The van der Waals surface area contributed by atoms with Crippen LogP contribution in [-0.4, -0.2) is 33.0 Å². The monoisotopic (exact) mass is 500 g/mol. The lowest BCUT2D eigenvalue weighted by atomic mass is 9.98. The van der Waals surface area contributed by atoms with Gasteiger partial charge in [0.2, 0.25) is 5.91 Å². The van der Waals surface area contributed by atoms with Crippen molar-refractivity contribution in [2.75, 3.05) is 5.32 Å². The van der Waals surface area contributed by atoms with Gasteiger partial charge >= 0.3 is 0 Å². The Kier molecular flexibility index (Phi) is 6.69. The lowest BCUT2D eigenvalue weighted by Crippen LogP contribution is -2.25. The predicted octanol–water partition coefficient (Wildman–Crippen LogP) is 5.62. The first kappa shape index (κ1) is 23.9. The van der Waals surface area contributed by atoms with Crippen LogP contribution in [-0.2, 0) is 9.59 Å². The first-order valence-corrected chi connectivity index (χ1v) is 12.6. The number of nitrogens with one attached hydrogen (secondary N) is 1. The largest absolute Gasteiger partial charge is 0.326 e. The SMILES string of the molecule is Cc1ccc(C2=NN(C3=NC(=O)[C@@H](CC(=O)Nc4cccc(C)c4)S3)[C@H](c3ccc(F)cc3)C2)cc1. The third-order valence-electron chi connectivity index (χ3n) is 6.15. The number of hydrogen-bond acceptors (Lipinski definition) is 5. The van der Waals surface area contributed by atoms with Crippen molar-refractivity contribution in [2.24, 2.45) is 10.1 Å². The highest BCUT2D eigenvalue weighted by Gasteiger charge is 2.39. The van der Waals surface area contributed by atoms with Gasteiger partial charge in [-0.2, -0.15) is 10.1 Å². The molecule has 3 aromatic rings. The molecule has 2 aliphatic rings. The third-order valence-corrected chi connectivity index (χ3v) is 7.29. The highest BCUT2D eigenvalue weighted by atomic mass is 32.2. The molecule has 0 fully saturated rings. The van der Waals surface area contributed by atoms with E-state index in [4.69, 9.17) is 5.10 Å². The minimum atomic E-state index is -0.627. The van der Waals surface area contributed by atoms with Crippen LogP contribution in [0, 0.1) is 19.7 Å². The van der Waals surface area contributed by atoms with Crippen LogP contribution >= 0.6 is 11.8 Å². The van der Waals surface area contributed by atoms with Gasteiger partial charge < -0.3 is 5.32 Å². The number of aliphatic imine (C=N–C) groups is 1. The Hall–Kier alpha value is -3.78. The summed E-state index contributed by atoms with van der Waals surface area (Å²) in [7, 11) is 0. The molecular weight excluding hydrogens is 475 g/mol. The Morgan fingerprint density at radius 3 is 2.53 bits per heavy atom. The molecule has 0 unspecified atom stereocenters. The zero-order valence-corrected chi connectivity index (χ0v) is 20.8. The maximum Gasteiger partial charge on any atom is 0.262 e. The number of halogens is 1. The van der Waals surface area contributed by atoms with Crippen LogP contribution in [0.15, 0.2) is 82.9 Å². The molecule has 0 bridgehead atoms. The number of amides is 2. The van der Waals surface area contributed by atoms with Gasteiger partial charge in [0.25, 0.3) is 5.91 Å². The Balaban J connectivity index is 1.35. The fraction of sp³-hybridized carbons (Fsp3) is 0.214. The van der Waals surface area contributed by atoms with Crippen LogP contribution in [0.3, 0.4) is 0 Å². The van der Waals surface area contributed by atoms with E-state index in [2.05, 4.69) is 10.3 Å². The third kappa shape index (κ3) is 5.23. The van der Waals surface area contributed by atoms with Crippen molar-refractivity contribution in [3.8, 4) is 0 Å². The maximum absolute atomic E-state index is 13.6. The van der Waals surface area contributed by atoms with Gasteiger partial charge in [-0.05, 0) is 54.8 Å². The van der Waals surface area contributed by atoms with E-state index in [-0.39, 0.29) is 30.1 Å². The average Bonchev–Trinajstić information content (AvgIpc) is 3.44. The smallest absolute Gasteiger partial charge is 0.262 e. The minimum Gasteiger partial charge on any atom is -0.326 e. The molecule has 0 radical (unpaired) electrons. The summed E-state index contributed by atoms with van der Waals surface area (Å²) < 4.78 is 13.6. The highest BCUT2D eigenvalue weighted by molar-refractivity contribution is 8.15. The van der Waals surface area contributed by atoms with Crippen LogP contribution in [0.2, 0.25) is 0 Å². The molecule has 0 spiro atoms. The van der Waals surface area contributed by atoms with Crippen molar-refractivity contribution in [3.63, 3.8) is 0 Å². The topological polar surface area (TPSA) is 74.1 Å². The first-order valence-electron chi connectivity index (χ1n) is 11.7. The number of benzene rings is 3. The summed E-state index contributed by atoms with van der Waals surface area (Å²) in [6, 6.07) is 21.7. The minimum absolute atomic E-state index is 0.00797. The Bertz CT molecular complexity index is 1370. The number of rotatable bonds is 5. The standard InChI is InChI=1S/C28H25FN4O2S/c1-17-6-8-19(9-7-17)23-15-24(20-10-12-21(29)13-11-20)33(32-23)28-31-27(35)25(36-28)16-26(34)30-22-5-3-4-18(2)14-22/h3-14,24-25H,15-16H2,1-2H3,(H,30,34)/t24-,25+/m0/s1. The number of carbonyl (C=O) groups is 2. The normalized spacial score (nSPS) is 19.3. The summed E-state index contributed by atoms with van der Waals surface area (Å²) in [5.41, 5.74) is 5.60. The van der Waals surface area contributed by atoms with Crippen LogP contribution in [0.25, 0.3) is 0 Å². The quantitative estimate of drug-likeness (QED) is 0.493. The van der Waals surface area contributed by atoms with Gasteiger partial charge in [-0.15, -0.1) is 0 Å². The number of anilines is 1. The number of hydrazone groups is 1. The lowest BCUT2D eigenvalue weighted by Gasteiger charge is -2.23. The van der Waals surface area contributed by atoms with Gasteiger partial charge in [-0.1, -0.05) is 65.9 Å². The molecule has 2 atom stereocenters. The van der Waals surface area contributed by atoms with Crippen molar-refractivity contribution < 1.29 is 14.0 Å². The average molecular weight is 501 g/mol. The molecule has 5 rings (SSSR count). The zero-order chi connectivity index (χ0) is 25.2. The highest BCUT2D eigenvalue weighted by Crippen LogP contribution is 2.38. The number of aryl methyl sites for hydroxylation is 2. The van der Waals surface area contributed by atoms with E-state index in [1.165, 1.54) is 23.9 Å². The number of amidine groups is 1. The molecule has 36 heavy (non-hydrogen) atoms. The second kappa shape index (κ2) is 10.1. The summed E-state index contributed by atoms with van der Waals surface area (Å²) in [6.07, 6.45) is 0.592. The zero-order valence-electron chi connectivity index (χ0n) is 19.9. The molecule has 0 saturated carbocycles. The Morgan fingerprint density at radius 1 is 1.06 bits per heavy atom. The number of carbonyl (C=O) groups excluding carboxylic acids is 2. The van der Waals surface area contributed by atoms with Gasteiger partial charge in [0.15, 0.2) is 5.17 Å². The molecule has 0 aromatic heterocycles. The maximum atomic E-state index is 13.6. The van der Waals surface area contributed by atoms with Gasteiger partial charge in [0, 0.05) is 18.5 Å². The predicted molar refractivity (Wildman–Crippen MR) is 142 cm³/mol. The van der Waals surface area contributed by atoms with Crippen LogP contribution in [0.5, 0.6) is 0 Å². The molecule has 0 aliphatic carbocycles. The summed E-state index contributed by atoms with van der Waals surface area (Å²) >= 11 is 1.24. The second-order valence-corrected chi connectivity index (χ2v) is 10.2. The van der Waals surface area contributed by atoms with Crippen molar-refractivity contribution >= 4 is 40.1 Å². The molecule has 8 heteroatoms. The summed E-state index contributed by atoms with van der Waals surface area (Å²) in [5, 5.41) is 9.24. The number of thioether (sulfide) groups is 1. The summed E-state index contributed by atoms with van der Waals surface area (Å²) in [5.74, 6) is -0.917. The molecule has 6 nitrogen and oxygen atoms in total. The van der Waals surface area contributed by atoms with E-state index in [1.54, 1.807) is 17.1 Å². The molecule has 0 saturated heterocycles. The second-order valence-electron chi connectivity index (χ2n) is 8.99. The van der Waals surface area contributed by atoms with Gasteiger partial charge in [-0.3, -0.25) is 9.59 Å². The molecule has 2 aliphatic heterocycles. The molecule has 2 amide bonds. The van der Waals surface area contributed by atoms with Crippen LogP contribution < -0.4 is 5.32 Å². The first-order chi connectivity index (χ1) is 17.4. The van der Waals surface area contributed by atoms with Crippen LogP contribution in [0.4, 0.5) is 10.1 Å². The Labute approximate surface area is 213 Å². The van der Waals surface area contributed by atoms with Crippen molar-refractivity contribution in [1.29, 1.82) is 0 Å². The van der Waals surface area contributed by atoms with E-state index in [9.17, 15) is 14.0 Å². The fourth-order valence-corrected chi connectivity index (χ4v) is 5.32. The molecule has 1 N–H and O–H groups in total. The number of hydrogen-bond donors (Lipinski definition) is 1. The fourth-order valence-electron chi connectivity index (χ4n) is 4.26. The van der Waals surface area contributed by atoms with E-state index >= 15 is 0 Å². The van der Waals surface area contributed by atoms with E-state index in [1.807, 2.05) is 62.4 Å². The lowest BCUT2D eigenvalue weighted by molar-refractivity contribution is -0.121.